The van der Waals surface area contributed by atoms with Crippen LogP contribution in [-0.2, 0) is 0 Å². The predicted octanol–water partition coefficient (Wildman–Crippen LogP) is 3.50. The van der Waals surface area contributed by atoms with Crippen molar-refractivity contribution in [1.29, 1.82) is 0 Å². The average molecular weight is 171 g/mol. The van der Waals surface area contributed by atoms with Gasteiger partial charge >= 0.3 is 0 Å². The van der Waals surface area contributed by atoms with Crippen molar-refractivity contribution in [3.63, 3.8) is 0 Å². The van der Waals surface area contributed by atoms with E-state index in [0.717, 1.165) is 11.1 Å². The first-order chi connectivity index (χ1) is 5.25. The van der Waals surface area contributed by atoms with Crippen molar-refractivity contribution in [2.24, 2.45) is 0 Å². The van der Waals surface area contributed by atoms with Crippen molar-refractivity contribution in [3.05, 3.63) is 40.9 Å². The minimum absolute atomic E-state index is 0.384. The lowest BCUT2D eigenvalue weighted by atomic mass is 10.1. The van der Waals surface area contributed by atoms with Crippen LogP contribution in [0.5, 0.6) is 0 Å². The summed E-state index contributed by atoms with van der Waals surface area (Å²) >= 11 is 5.22. The summed E-state index contributed by atoms with van der Waals surface area (Å²) in [6, 6.07) is 7.18. The fraction of sp³-hybridized carbons (Fsp3) is 0.111. The summed E-state index contributed by atoms with van der Waals surface area (Å²) in [4.78, 5) is 0. The van der Waals surface area contributed by atoms with Gasteiger partial charge in [0.25, 0.3) is 0 Å². The highest BCUT2D eigenvalue weighted by Crippen LogP contribution is 2.19. The molecule has 0 heterocycles. The minimum atomic E-state index is -0.384. The Labute approximate surface area is 70.3 Å². The zero-order valence-corrected chi connectivity index (χ0v) is 6.90. The van der Waals surface area contributed by atoms with E-state index in [2.05, 4.69) is 0 Å². The molecule has 0 aliphatic heterocycles. The lowest BCUT2D eigenvalue weighted by molar-refractivity contribution is 0.760. The molecule has 0 aliphatic rings. The first-order valence-corrected chi connectivity index (χ1v) is 3.71. The third-order valence-corrected chi connectivity index (χ3v) is 1.69. The molecule has 0 saturated carbocycles. The highest BCUT2D eigenvalue weighted by Gasteiger charge is 2.00. The van der Waals surface area contributed by atoms with Crippen LogP contribution in [-0.4, -0.2) is 0 Å². The molecule has 0 aromatic heterocycles. The van der Waals surface area contributed by atoms with Crippen molar-refractivity contribution in [2.45, 2.75) is 6.92 Å². The summed E-state index contributed by atoms with van der Waals surface area (Å²) in [6.45, 7) is 1.84. The molecule has 0 saturated heterocycles. The quantitative estimate of drug-likeness (QED) is 0.605. The molecule has 0 aliphatic carbocycles. The molecule has 0 fully saturated rings. The topological polar surface area (TPSA) is 0 Å². The van der Waals surface area contributed by atoms with Crippen LogP contribution < -0.4 is 0 Å². The normalized spacial score (nSPS) is 11.7. The van der Waals surface area contributed by atoms with Crippen molar-refractivity contribution in [2.75, 3.05) is 0 Å². The molecular weight excluding hydrogens is 163 g/mol. The van der Waals surface area contributed by atoms with Crippen LogP contribution in [0.2, 0.25) is 0 Å². The van der Waals surface area contributed by atoms with Gasteiger partial charge in [0.1, 0.15) is 5.83 Å². The third-order valence-electron chi connectivity index (χ3n) is 1.50. The second-order valence-electron chi connectivity index (χ2n) is 2.27. The van der Waals surface area contributed by atoms with Crippen LogP contribution in [0.25, 0.3) is 5.83 Å². The van der Waals surface area contributed by atoms with E-state index in [1.165, 1.54) is 0 Å². The maximum absolute atomic E-state index is 12.9. The van der Waals surface area contributed by atoms with Crippen LogP contribution in [0, 0.1) is 6.92 Å². The average Bonchev–Trinajstić information content (AvgIpc) is 2.04. The maximum Gasteiger partial charge on any atom is 0.141 e. The number of halogens is 2. The summed E-state index contributed by atoms with van der Waals surface area (Å²) in [5, 5.41) is 0. The second kappa shape index (κ2) is 3.54. The van der Waals surface area contributed by atoms with Gasteiger partial charge in [-0.25, -0.2) is 4.39 Å². The number of hydrogen-bond acceptors (Lipinski definition) is 0. The molecule has 0 unspecified atom stereocenters. The Morgan fingerprint density at radius 3 is 2.64 bits per heavy atom. The third kappa shape index (κ3) is 1.81. The lowest BCUT2D eigenvalue weighted by Crippen LogP contribution is -1.81. The number of hydrogen-bond donors (Lipinski definition) is 0. The van der Waals surface area contributed by atoms with Gasteiger partial charge in [0.2, 0.25) is 0 Å². The minimum Gasteiger partial charge on any atom is -0.205 e. The molecule has 1 aromatic carbocycles. The van der Waals surface area contributed by atoms with Gasteiger partial charge in [-0.05, 0) is 12.5 Å². The van der Waals surface area contributed by atoms with E-state index in [1.807, 2.05) is 19.1 Å². The van der Waals surface area contributed by atoms with E-state index in [4.69, 9.17) is 11.6 Å². The summed E-state index contributed by atoms with van der Waals surface area (Å²) in [6.07, 6.45) is 0. The second-order valence-corrected chi connectivity index (χ2v) is 2.49. The van der Waals surface area contributed by atoms with E-state index in [9.17, 15) is 4.39 Å². The number of aryl methyl sites for hydroxylation is 1. The highest BCUT2D eigenvalue weighted by molar-refractivity contribution is 6.27. The molecule has 0 nitrogen and oxygen atoms in total. The molecule has 58 valence electrons. The Bertz CT molecular complexity index is 279. The maximum atomic E-state index is 12.9. The Balaban J connectivity index is 3.14. The predicted molar refractivity (Wildman–Crippen MR) is 46.1 cm³/mol. The summed E-state index contributed by atoms with van der Waals surface area (Å²) < 4.78 is 12.9. The molecule has 2 heteroatoms. The summed E-state index contributed by atoms with van der Waals surface area (Å²) in [5.74, 6) is -0.384. The van der Waals surface area contributed by atoms with Gasteiger partial charge in [-0.3, -0.25) is 0 Å². The van der Waals surface area contributed by atoms with Gasteiger partial charge in [0, 0.05) is 11.1 Å². The van der Waals surface area contributed by atoms with E-state index in [-0.39, 0.29) is 5.83 Å². The molecule has 0 spiro atoms. The zero-order valence-electron chi connectivity index (χ0n) is 6.14. The fourth-order valence-electron chi connectivity index (χ4n) is 0.900. The van der Waals surface area contributed by atoms with Crippen LogP contribution in [0.4, 0.5) is 4.39 Å². The Hall–Kier alpha value is -0.820. The molecule has 0 bridgehead atoms. The van der Waals surface area contributed by atoms with Crippen molar-refractivity contribution in [1.82, 2.24) is 0 Å². The summed E-state index contributed by atoms with van der Waals surface area (Å²) in [7, 11) is 0. The molecule has 0 atom stereocenters. The molecule has 1 rings (SSSR count). The van der Waals surface area contributed by atoms with Crippen molar-refractivity contribution in [3.8, 4) is 0 Å². The van der Waals surface area contributed by atoms with Crippen LogP contribution in [0.3, 0.4) is 0 Å². The highest BCUT2D eigenvalue weighted by atomic mass is 35.5. The van der Waals surface area contributed by atoms with E-state index in [1.54, 1.807) is 12.1 Å². The van der Waals surface area contributed by atoms with E-state index < -0.39 is 0 Å². The lowest BCUT2D eigenvalue weighted by Gasteiger charge is -1.99. The van der Waals surface area contributed by atoms with Gasteiger partial charge in [0.15, 0.2) is 0 Å². The molecular formula is C9H8ClF. The molecule has 1 aromatic rings. The van der Waals surface area contributed by atoms with Gasteiger partial charge in [-0.15, -0.1) is 0 Å². The molecule has 0 amide bonds. The largest absolute Gasteiger partial charge is 0.205 e. The first-order valence-electron chi connectivity index (χ1n) is 3.27. The van der Waals surface area contributed by atoms with Gasteiger partial charge in [-0.2, -0.15) is 0 Å². The van der Waals surface area contributed by atoms with Gasteiger partial charge in [-0.1, -0.05) is 35.9 Å². The van der Waals surface area contributed by atoms with E-state index >= 15 is 0 Å². The van der Waals surface area contributed by atoms with Crippen LogP contribution >= 0.6 is 11.6 Å². The Kier molecular flexibility index (Phi) is 2.66. The van der Waals surface area contributed by atoms with Crippen LogP contribution in [0.1, 0.15) is 11.1 Å². The van der Waals surface area contributed by atoms with Crippen molar-refractivity contribution < 1.29 is 4.39 Å². The monoisotopic (exact) mass is 170 g/mol. The Morgan fingerprint density at radius 2 is 2.09 bits per heavy atom. The van der Waals surface area contributed by atoms with Gasteiger partial charge < -0.3 is 0 Å². The molecule has 0 N–H and O–H groups in total. The van der Waals surface area contributed by atoms with Crippen LogP contribution in [0.15, 0.2) is 29.8 Å². The SMILES string of the molecule is Cc1ccccc1C(F)=CCl. The zero-order chi connectivity index (χ0) is 8.27. The van der Waals surface area contributed by atoms with Crippen molar-refractivity contribution >= 4 is 17.4 Å². The van der Waals surface area contributed by atoms with Gasteiger partial charge in [0.05, 0.1) is 0 Å². The molecule has 11 heavy (non-hydrogen) atoms. The first kappa shape index (κ1) is 8.28. The smallest absolute Gasteiger partial charge is 0.141 e. The fourth-order valence-corrected chi connectivity index (χ4v) is 1.02. The Morgan fingerprint density at radius 1 is 1.45 bits per heavy atom. The number of benzene rings is 1. The standard InChI is InChI=1S/C9H8ClF/c1-7-4-2-3-5-8(7)9(11)6-10/h2-6H,1H3. The molecule has 0 radical (unpaired) electrons. The van der Waals surface area contributed by atoms with E-state index in [0.29, 0.717) is 5.56 Å². The summed E-state index contributed by atoms with van der Waals surface area (Å²) in [5.41, 5.74) is 2.40. The number of rotatable bonds is 1.